The third-order valence-corrected chi connectivity index (χ3v) is 5.02. The van der Waals surface area contributed by atoms with Gasteiger partial charge in [0.2, 0.25) is 5.91 Å². The first-order valence-corrected chi connectivity index (χ1v) is 8.73. The Bertz CT molecular complexity index is 552. The van der Waals surface area contributed by atoms with E-state index in [2.05, 4.69) is 20.4 Å². The number of hydrogen-bond donors (Lipinski definition) is 2. The van der Waals surface area contributed by atoms with Crippen molar-refractivity contribution in [1.82, 2.24) is 15.1 Å². The molecule has 1 atom stereocenters. The molecule has 1 amide bonds. The van der Waals surface area contributed by atoms with Gasteiger partial charge in [-0.1, -0.05) is 11.6 Å². The molecule has 0 aromatic heterocycles. The largest absolute Gasteiger partial charge is 0.325 e. The average molecular weight is 337 g/mol. The minimum absolute atomic E-state index is 0.0476. The fraction of sp³-hybridized carbons (Fsp3) is 0.588. The number of hydrogen-bond acceptors (Lipinski definition) is 4. The monoisotopic (exact) mass is 336 g/mol. The standard InChI is InChI=1S/C17H25ClN4O/c1-13-10-14(18)2-3-16(13)20-17(23)12-21-6-8-22(9-7-21)15-4-5-19-11-15/h2-3,10,15,19H,4-9,11-12H2,1H3,(H,20,23). The van der Waals surface area contributed by atoms with Gasteiger partial charge in [-0.2, -0.15) is 0 Å². The zero-order chi connectivity index (χ0) is 16.2. The van der Waals surface area contributed by atoms with Crippen LogP contribution in [-0.2, 0) is 4.79 Å². The van der Waals surface area contributed by atoms with Crippen LogP contribution in [-0.4, -0.2) is 67.6 Å². The van der Waals surface area contributed by atoms with E-state index in [9.17, 15) is 4.79 Å². The van der Waals surface area contributed by atoms with Crippen molar-refractivity contribution in [3.05, 3.63) is 28.8 Å². The van der Waals surface area contributed by atoms with Crippen molar-refractivity contribution in [3.8, 4) is 0 Å². The summed E-state index contributed by atoms with van der Waals surface area (Å²) in [6, 6.07) is 6.22. The second-order valence-electron chi connectivity index (χ2n) is 6.47. The van der Waals surface area contributed by atoms with Crippen LogP contribution in [0.2, 0.25) is 5.02 Å². The van der Waals surface area contributed by atoms with Crippen molar-refractivity contribution in [1.29, 1.82) is 0 Å². The molecule has 2 heterocycles. The van der Waals surface area contributed by atoms with E-state index in [0.717, 1.165) is 50.5 Å². The van der Waals surface area contributed by atoms with E-state index >= 15 is 0 Å². The number of carbonyl (C=O) groups is 1. The van der Waals surface area contributed by atoms with E-state index in [-0.39, 0.29) is 5.91 Å². The molecule has 2 N–H and O–H groups in total. The fourth-order valence-electron chi connectivity index (χ4n) is 3.40. The maximum absolute atomic E-state index is 12.2. The highest BCUT2D eigenvalue weighted by atomic mass is 35.5. The fourth-order valence-corrected chi connectivity index (χ4v) is 3.62. The summed E-state index contributed by atoms with van der Waals surface area (Å²) < 4.78 is 0. The van der Waals surface area contributed by atoms with E-state index in [0.29, 0.717) is 17.6 Å². The van der Waals surface area contributed by atoms with Gasteiger partial charge in [-0.25, -0.2) is 0 Å². The smallest absolute Gasteiger partial charge is 0.238 e. The summed E-state index contributed by atoms with van der Waals surface area (Å²) in [5.41, 5.74) is 1.83. The van der Waals surface area contributed by atoms with Gasteiger partial charge in [-0.15, -0.1) is 0 Å². The van der Waals surface area contributed by atoms with Crippen molar-refractivity contribution in [2.75, 3.05) is 51.1 Å². The van der Waals surface area contributed by atoms with Crippen LogP contribution in [0.5, 0.6) is 0 Å². The molecule has 3 rings (SSSR count). The SMILES string of the molecule is Cc1cc(Cl)ccc1NC(=O)CN1CCN(C2CCNC2)CC1. The molecule has 2 fully saturated rings. The number of rotatable bonds is 4. The minimum atomic E-state index is 0.0476. The second-order valence-corrected chi connectivity index (χ2v) is 6.90. The van der Waals surface area contributed by atoms with E-state index in [1.54, 1.807) is 6.07 Å². The predicted octanol–water partition coefficient (Wildman–Crippen LogP) is 1.57. The summed E-state index contributed by atoms with van der Waals surface area (Å²) in [7, 11) is 0. The maximum Gasteiger partial charge on any atom is 0.238 e. The van der Waals surface area contributed by atoms with Crippen LogP contribution in [0.15, 0.2) is 18.2 Å². The van der Waals surface area contributed by atoms with Gasteiger partial charge in [-0.3, -0.25) is 14.6 Å². The molecule has 1 aromatic carbocycles. The molecule has 6 heteroatoms. The van der Waals surface area contributed by atoms with Gasteiger partial charge >= 0.3 is 0 Å². The number of carbonyl (C=O) groups excluding carboxylic acids is 1. The van der Waals surface area contributed by atoms with Gasteiger partial charge in [0.15, 0.2) is 0 Å². The average Bonchev–Trinajstić information content (AvgIpc) is 3.05. The molecule has 126 valence electrons. The Balaban J connectivity index is 1.45. The molecular formula is C17H25ClN4O. The van der Waals surface area contributed by atoms with Crippen LogP contribution < -0.4 is 10.6 Å². The summed E-state index contributed by atoms with van der Waals surface area (Å²) in [6.45, 7) is 8.69. The summed E-state index contributed by atoms with van der Waals surface area (Å²) in [5, 5.41) is 7.10. The number of aryl methyl sites for hydroxylation is 1. The predicted molar refractivity (Wildman–Crippen MR) is 94.1 cm³/mol. The third kappa shape index (κ3) is 4.44. The number of nitrogens with one attached hydrogen (secondary N) is 2. The Morgan fingerprint density at radius 2 is 2.13 bits per heavy atom. The zero-order valence-electron chi connectivity index (χ0n) is 13.6. The number of benzene rings is 1. The van der Waals surface area contributed by atoms with Crippen LogP contribution in [0.4, 0.5) is 5.69 Å². The van der Waals surface area contributed by atoms with Gasteiger partial charge in [0.1, 0.15) is 0 Å². The van der Waals surface area contributed by atoms with Crippen molar-refractivity contribution in [3.63, 3.8) is 0 Å². The topological polar surface area (TPSA) is 47.6 Å². The first kappa shape index (κ1) is 16.7. The van der Waals surface area contributed by atoms with Crippen molar-refractivity contribution >= 4 is 23.2 Å². The first-order chi connectivity index (χ1) is 11.1. The number of nitrogens with zero attached hydrogens (tertiary/aromatic N) is 2. The molecule has 2 saturated heterocycles. The number of halogens is 1. The zero-order valence-corrected chi connectivity index (χ0v) is 14.4. The van der Waals surface area contributed by atoms with Crippen molar-refractivity contribution < 1.29 is 4.79 Å². The lowest BCUT2D eigenvalue weighted by atomic mass is 10.2. The van der Waals surface area contributed by atoms with Crippen molar-refractivity contribution in [2.24, 2.45) is 0 Å². The summed E-state index contributed by atoms with van der Waals surface area (Å²) in [4.78, 5) is 17.0. The molecule has 0 saturated carbocycles. The quantitative estimate of drug-likeness (QED) is 0.876. The number of amides is 1. The van der Waals surface area contributed by atoms with Crippen LogP contribution in [0.25, 0.3) is 0 Å². The van der Waals surface area contributed by atoms with Gasteiger partial charge in [0.25, 0.3) is 0 Å². The van der Waals surface area contributed by atoms with Crippen LogP contribution in [0, 0.1) is 6.92 Å². The lowest BCUT2D eigenvalue weighted by molar-refractivity contribution is -0.117. The summed E-state index contributed by atoms with van der Waals surface area (Å²) in [6.07, 6.45) is 1.25. The Labute approximate surface area is 143 Å². The first-order valence-electron chi connectivity index (χ1n) is 8.35. The normalized spacial score (nSPS) is 23.1. The van der Waals surface area contributed by atoms with Crippen LogP contribution >= 0.6 is 11.6 Å². The number of piperazine rings is 1. The van der Waals surface area contributed by atoms with E-state index < -0.39 is 0 Å². The minimum Gasteiger partial charge on any atom is -0.325 e. The molecule has 2 aliphatic heterocycles. The third-order valence-electron chi connectivity index (χ3n) is 4.79. The molecule has 5 nitrogen and oxygen atoms in total. The number of anilines is 1. The van der Waals surface area contributed by atoms with Crippen LogP contribution in [0.3, 0.4) is 0 Å². The van der Waals surface area contributed by atoms with E-state index in [4.69, 9.17) is 11.6 Å². The molecule has 1 aromatic rings. The summed E-state index contributed by atoms with van der Waals surface area (Å²) in [5.74, 6) is 0.0476. The van der Waals surface area contributed by atoms with Gasteiger partial charge < -0.3 is 10.6 Å². The van der Waals surface area contributed by atoms with Gasteiger partial charge in [0.05, 0.1) is 6.54 Å². The maximum atomic E-state index is 12.2. The molecule has 0 radical (unpaired) electrons. The molecular weight excluding hydrogens is 312 g/mol. The van der Waals surface area contributed by atoms with E-state index in [1.807, 2.05) is 19.1 Å². The Morgan fingerprint density at radius 3 is 2.78 bits per heavy atom. The summed E-state index contributed by atoms with van der Waals surface area (Å²) >= 11 is 5.95. The lowest BCUT2D eigenvalue weighted by Crippen LogP contribution is -2.52. The van der Waals surface area contributed by atoms with Crippen molar-refractivity contribution in [2.45, 2.75) is 19.4 Å². The van der Waals surface area contributed by atoms with E-state index in [1.165, 1.54) is 6.42 Å². The highest BCUT2D eigenvalue weighted by molar-refractivity contribution is 6.30. The molecule has 1 unspecified atom stereocenters. The molecule has 0 bridgehead atoms. The second kappa shape index (κ2) is 7.62. The Morgan fingerprint density at radius 1 is 1.35 bits per heavy atom. The Hall–Kier alpha value is -1.14. The van der Waals surface area contributed by atoms with Crippen LogP contribution in [0.1, 0.15) is 12.0 Å². The highest BCUT2D eigenvalue weighted by Gasteiger charge is 2.26. The molecule has 0 aliphatic carbocycles. The highest BCUT2D eigenvalue weighted by Crippen LogP contribution is 2.19. The molecule has 23 heavy (non-hydrogen) atoms. The molecule has 2 aliphatic rings. The molecule has 0 spiro atoms. The van der Waals surface area contributed by atoms with Gasteiger partial charge in [-0.05, 0) is 43.7 Å². The Kier molecular flexibility index (Phi) is 5.54. The lowest BCUT2D eigenvalue weighted by Gasteiger charge is -2.37. The van der Waals surface area contributed by atoms with Gasteiger partial charge in [0, 0.05) is 49.5 Å².